The molecule has 3 aliphatic rings. The molecule has 1 spiro atoms. The molecule has 8 heteroatoms. The summed E-state index contributed by atoms with van der Waals surface area (Å²) in [6.45, 7) is 3.69. The molecule has 0 atom stereocenters. The van der Waals surface area contributed by atoms with E-state index in [-0.39, 0.29) is 5.91 Å². The van der Waals surface area contributed by atoms with Crippen LogP contribution in [0.3, 0.4) is 0 Å². The smallest absolute Gasteiger partial charge is 0.253 e. The molecule has 1 amide bonds. The second kappa shape index (κ2) is 10.9. The number of rotatable bonds is 8. The van der Waals surface area contributed by atoms with Crippen molar-refractivity contribution in [3.8, 4) is 0 Å². The van der Waals surface area contributed by atoms with Crippen molar-refractivity contribution < 1.29 is 13.2 Å². The molecule has 2 aliphatic heterocycles. The SMILES string of the molecule is Cc1cc(CCCN(C)C)ccc1/C=C/S(=O)(=O)N1CCC2(CC1)N=C(C1CCCCC1)NC2=O. The van der Waals surface area contributed by atoms with Crippen molar-refractivity contribution in [2.75, 3.05) is 33.7 Å². The first-order valence-corrected chi connectivity index (χ1v) is 14.5. The molecule has 1 aromatic carbocycles. The molecule has 0 radical (unpaired) electrons. The van der Waals surface area contributed by atoms with Gasteiger partial charge in [-0.15, -0.1) is 0 Å². The molecular weight excluding hydrogens is 460 g/mol. The van der Waals surface area contributed by atoms with Crippen LogP contribution in [-0.4, -0.2) is 68.6 Å². The van der Waals surface area contributed by atoms with Gasteiger partial charge in [0.1, 0.15) is 11.4 Å². The van der Waals surface area contributed by atoms with Gasteiger partial charge in [0.2, 0.25) is 10.0 Å². The summed E-state index contributed by atoms with van der Waals surface area (Å²) >= 11 is 0. The largest absolute Gasteiger partial charge is 0.312 e. The fourth-order valence-electron chi connectivity index (χ4n) is 5.49. The van der Waals surface area contributed by atoms with E-state index >= 15 is 0 Å². The number of amidine groups is 1. The molecular formula is C27H40N4O3S. The van der Waals surface area contributed by atoms with E-state index in [1.54, 1.807) is 6.08 Å². The van der Waals surface area contributed by atoms with Crippen LogP contribution in [0.15, 0.2) is 28.6 Å². The topological polar surface area (TPSA) is 82.1 Å². The van der Waals surface area contributed by atoms with Gasteiger partial charge in [0.25, 0.3) is 5.91 Å². The number of nitrogens with zero attached hydrogens (tertiary/aromatic N) is 3. The number of aliphatic imine (C=N–C) groups is 1. The molecule has 4 rings (SSSR count). The predicted octanol–water partition coefficient (Wildman–Crippen LogP) is 3.73. The fraction of sp³-hybridized carbons (Fsp3) is 0.630. The Bertz CT molecular complexity index is 1080. The van der Waals surface area contributed by atoms with Gasteiger partial charge in [-0.3, -0.25) is 9.79 Å². The van der Waals surface area contributed by atoms with Gasteiger partial charge in [-0.25, -0.2) is 8.42 Å². The molecule has 1 saturated carbocycles. The summed E-state index contributed by atoms with van der Waals surface area (Å²) in [6.07, 6.45) is 10.4. The van der Waals surface area contributed by atoms with Crippen LogP contribution in [0.1, 0.15) is 68.1 Å². The van der Waals surface area contributed by atoms with Crippen LogP contribution < -0.4 is 5.32 Å². The zero-order valence-electron chi connectivity index (χ0n) is 21.4. The summed E-state index contributed by atoms with van der Waals surface area (Å²) < 4.78 is 27.6. The Balaban J connectivity index is 1.36. The normalized spacial score (nSPS) is 21.7. The maximum absolute atomic E-state index is 13.0. The van der Waals surface area contributed by atoms with E-state index in [1.807, 2.05) is 13.0 Å². The van der Waals surface area contributed by atoms with Crippen LogP contribution in [0.5, 0.6) is 0 Å². The Kier molecular flexibility index (Phi) is 8.13. The van der Waals surface area contributed by atoms with Gasteiger partial charge in [-0.2, -0.15) is 4.31 Å². The monoisotopic (exact) mass is 500 g/mol. The van der Waals surface area contributed by atoms with Crippen molar-refractivity contribution in [3.63, 3.8) is 0 Å². The van der Waals surface area contributed by atoms with Gasteiger partial charge in [0.05, 0.1) is 0 Å². The molecule has 0 aromatic heterocycles. The third-order valence-electron chi connectivity index (χ3n) is 7.72. The highest BCUT2D eigenvalue weighted by Crippen LogP contribution is 2.35. The number of hydrogen-bond donors (Lipinski definition) is 1. The molecule has 192 valence electrons. The first-order valence-electron chi connectivity index (χ1n) is 13.0. The van der Waals surface area contributed by atoms with Crippen LogP contribution in [0, 0.1) is 12.8 Å². The van der Waals surface area contributed by atoms with Crippen LogP contribution in [0.25, 0.3) is 6.08 Å². The summed E-state index contributed by atoms with van der Waals surface area (Å²) in [5.74, 6) is 1.14. The molecule has 2 heterocycles. The van der Waals surface area contributed by atoms with Crippen molar-refractivity contribution in [1.29, 1.82) is 0 Å². The summed E-state index contributed by atoms with van der Waals surface area (Å²) in [5.41, 5.74) is 2.47. The van der Waals surface area contributed by atoms with Gasteiger partial charge in [0, 0.05) is 24.4 Å². The number of hydrogen-bond acceptors (Lipinski definition) is 5. The Morgan fingerprint density at radius 1 is 1.17 bits per heavy atom. The van der Waals surface area contributed by atoms with Crippen molar-refractivity contribution in [3.05, 3.63) is 40.3 Å². The number of carbonyl (C=O) groups is 1. The van der Waals surface area contributed by atoms with E-state index in [0.717, 1.165) is 49.2 Å². The third-order valence-corrected chi connectivity index (χ3v) is 9.29. The maximum atomic E-state index is 13.0. The van der Waals surface area contributed by atoms with E-state index in [4.69, 9.17) is 4.99 Å². The molecule has 1 saturated heterocycles. The van der Waals surface area contributed by atoms with Crippen LogP contribution >= 0.6 is 0 Å². The van der Waals surface area contributed by atoms with E-state index in [1.165, 1.54) is 34.5 Å². The van der Waals surface area contributed by atoms with E-state index < -0.39 is 15.6 Å². The molecule has 1 aromatic rings. The number of sulfonamides is 1. The zero-order valence-corrected chi connectivity index (χ0v) is 22.2. The zero-order chi connectivity index (χ0) is 25.1. The highest BCUT2D eigenvalue weighted by Gasteiger charge is 2.48. The second-order valence-electron chi connectivity index (χ2n) is 10.7. The highest BCUT2D eigenvalue weighted by atomic mass is 32.2. The van der Waals surface area contributed by atoms with Crippen LogP contribution in [0.4, 0.5) is 0 Å². The van der Waals surface area contributed by atoms with Gasteiger partial charge in [-0.05, 0) is 88.9 Å². The quantitative estimate of drug-likeness (QED) is 0.590. The lowest BCUT2D eigenvalue weighted by atomic mass is 9.88. The van der Waals surface area contributed by atoms with Crippen molar-refractivity contribution in [2.45, 2.75) is 70.3 Å². The summed E-state index contributed by atoms with van der Waals surface area (Å²) in [6, 6.07) is 6.23. The number of benzene rings is 1. The Morgan fingerprint density at radius 2 is 1.89 bits per heavy atom. The number of carbonyl (C=O) groups excluding carboxylic acids is 1. The van der Waals surface area contributed by atoms with Gasteiger partial charge < -0.3 is 10.2 Å². The Hall–Kier alpha value is -2.03. The first-order chi connectivity index (χ1) is 16.7. The fourth-order valence-corrected chi connectivity index (χ4v) is 6.67. The Labute approximate surface area is 210 Å². The molecule has 1 aliphatic carbocycles. The minimum atomic E-state index is -3.56. The van der Waals surface area contributed by atoms with E-state index in [0.29, 0.717) is 31.8 Å². The standard InChI is InChI=1S/C27H40N4O3S/c1-21-20-22(8-7-16-30(2)3)11-12-23(21)13-19-35(33,34)31-17-14-27(15-18-31)26(32)28-25(29-27)24-9-5-4-6-10-24/h11-13,19-20,24H,4-10,14-18H2,1-3H3,(H,28,29,32)/b19-13+. The third kappa shape index (κ3) is 6.22. The molecule has 0 unspecified atom stereocenters. The summed E-state index contributed by atoms with van der Waals surface area (Å²) in [4.78, 5) is 19.9. The average molecular weight is 501 g/mol. The van der Waals surface area contributed by atoms with Crippen molar-refractivity contribution in [1.82, 2.24) is 14.5 Å². The molecule has 0 bridgehead atoms. The minimum absolute atomic E-state index is 0.0491. The first kappa shape index (κ1) is 26.0. The number of amides is 1. The van der Waals surface area contributed by atoms with Crippen LogP contribution in [-0.2, 0) is 21.2 Å². The van der Waals surface area contributed by atoms with E-state index in [9.17, 15) is 13.2 Å². The average Bonchev–Trinajstić information content (AvgIpc) is 3.14. The van der Waals surface area contributed by atoms with E-state index in [2.05, 4.69) is 36.4 Å². The lowest BCUT2D eigenvalue weighted by molar-refractivity contribution is -0.124. The second-order valence-corrected chi connectivity index (χ2v) is 12.5. The molecule has 2 fully saturated rings. The lowest BCUT2D eigenvalue weighted by Gasteiger charge is -2.34. The number of piperidine rings is 1. The number of nitrogens with one attached hydrogen (secondary N) is 1. The lowest BCUT2D eigenvalue weighted by Crippen LogP contribution is -2.50. The van der Waals surface area contributed by atoms with Gasteiger partial charge >= 0.3 is 0 Å². The van der Waals surface area contributed by atoms with Gasteiger partial charge in [0.15, 0.2) is 0 Å². The summed E-state index contributed by atoms with van der Waals surface area (Å²) in [5, 5.41) is 4.35. The molecule has 1 N–H and O–H groups in total. The highest BCUT2D eigenvalue weighted by molar-refractivity contribution is 7.92. The van der Waals surface area contributed by atoms with Gasteiger partial charge in [-0.1, -0.05) is 37.5 Å². The number of aryl methyl sites for hydroxylation is 2. The van der Waals surface area contributed by atoms with Crippen molar-refractivity contribution >= 4 is 27.8 Å². The molecule has 35 heavy (non-hydrogen) atoms. The Morgan fingerprint density at radius 3 is 2.54 bits per heavy atom. The predicted molar refractivity (Wildman–Crippen MR) is 142 cm³/mol. The summed E-state index contributed by atoms with van der Waals surface area (Å²) in [7, 11) is 0.588. The minimum Gasteiger partial charge on any atom is -0.312 e. The maximum Gasteiger partial charge on any atom is 0.253 e. The van der Waals surface area contributed by atoms with Crippen LogP contribution in [0.2, 0.25) is 0 Å². The molecule has 7 nitrogen and oxygen atoms in total. The van der Waals surface area contributed by atoms with Crippen molar-refractivity contribution in [2.24, 2.45) is 10.9 Å².